The maximum absolute atomic E-state index is 12.3. The van der Waals surface area contributed by atoms with Gasteiger partial charge < -0.3 is 5.73 Å². The lowest BCUT2D eigenvalue weighted by atomic mass is 10.2. The van der Waals surface area contributed by atoms with Crippen LogP contribution in [0, 0.1) is 13.8 Å². The van der Waals surface area contributed by atoms with Crippen molar-refractivity contribution < 1.29 is 8.42 Å². The van der Waals surface area contributed by atoms with Gasteiger partial charge in [0.1, 0.15) is 4.60 Å². The van der Waals surface area contributed by atoms with Gasteiger partial charge in [-0.15, -0.1) is 0 Å². The van der Waals surface area contributed by atoms with E-state index in [9.17, 15) is 8.42 Å². The normalized spacial score (nSPS) is 11.4. The van der Waals surface area contributed by atoms with Gasteiger partial charge in [0.25, 0.3) is 10.0 Å². The van der Waals surface area contributed by atoms with Gasteiger partial charge in [-0.25, -0.2) is 13.4 Å². The summed E-state index contributed by atoms with van der Waals surface area (Å²) in [6, 6.07) is 4.42. The first kappa shape index (κ1) is 16.1. The van der Waals surface area contributed by atoms with E-state index >= 15 is 0 Å². The number of nitrogen functional groups attached to an aromatic ring is 1. The van der Waals surface area contributed by atoms with Crippen LogP contribution < -0.4 is 10.5 Å². The molecule has 112 valence electrons. The summed E-state index contributed by atoms with van der Waals surface area (Å²) in [7, 11) is -3.77. The van der Waals surface area contributed by atoms with Crippen LogP contribution in [-0.4, -0.2) is 13.4 Å². The average Bonchev–Trinajstić information content (AvgIpc) is 2.39. The maximum atomic E-state index is 12.3. The number of nitrogens with one attached hydrogen (secondary N) is 1. The molecule has 1 aromatic heterocycles. The molecule has 0 radical (unpaired) electrons. The molecule has 0 aliphatic carbocycles. The molecule has 0 unspecified atom stereocenters. The van der Waals surface area contributed by atoms with Gasteiger partial charge in [0.2, 0.25) is 0 Å². The molecule has 8 heteroatoms. The molecule has 0 amide bonds. The Morgan fingerprint density at radius 1 is 1.29 bits per heavy atom. The van der Waals surface area contributed by atoms with E-state index in [4.69, 9.17) is 17.3 Å². The molecule has 0 bridgehead atoms. The van der Waals surface area contributed by atoms with E-state index in [1.54, 1.807) is 13.0 Å². The summed E-state index contributed by atoms with van der Waals surface area (Å²) in [6.07, 6.45) is 1.42. The third-order valence-corrected chi connectivity index (χ3v) is 5.52. The minimum atomic E-state index is -3.77. The van der Waals surface area contributed by atoms with E-state index < -0.39 is 10.0 Å². The highest BCUT2D eigenvalue weighted by Crippen LogP contribution is 2.27. The minimum Gasteiger partial charge on any atom is -0.398 e. The molecule has 0 atom stereocenters. The monoisotopic (exact) mass is 389 g/mol. The average molecular weight is 391 g/mol. The first-order valence-electron chi connectivity index (χ1n) is 5.91. The van der Waals surface area contributed by atoms with E-state index in [1.165, 1.54) is 18.3 Å². The van der Waals surface area contributed by atoms with Gasteiger partial charge >= 0.3 is 0 Å². The summed E-state index contributed by atoms with van der Waals surface area (Å²) in [5.74, 6) is 0. The van der Waals surface area contributed by atoms with Crippen molar-refractivity contribution in [3.05, 3.63) is 45.1 Å². The number of benzene rings is 1. The van der Waals surface area contributed by atoms with Crippen LogP contribution in [0.2, 0.25) is 5.02 Å². The molecule has 0 saturated carbocycles. The molecular weight excluding hydrogens is 378 g/mol. The molecule has 3 N–H and O–H groups in total. The van der Waals surface area contributed by atoms with Crippen molar-refractivity contribution in [1.82, 2.24) is 4.98 Å². The van der Waals surface area contributed by atoms with Crippen molar-refractivity contribution in [3.63, 3.8) is 0 Å². The molecule has 2 rings (SSSR count). The van der Waals surface area contributed by atoms with Gasteiger partial charge in [-0.05, 0) is 59.1 Å². The van der Waals surface area contributed by atoms with Crippen molar-refractivity contribution in [2.75, 3.05) is 10.5 Å². The van der Waals surface area contributed by atoms with Crippen molar-refractivity contribution in [2.24, 2.45) is 0 Å². The van der Waals surface area contributed by atoms with E-state index in [-0.39, 0.29) is 4.90 Å². The van der Waals surface area contributed by atoms with Crippen LogP contribution in [0.5, 0.6) is 0 Å². The van der Waals surface area contributed by atoms with Gasteiger partial charge in [0, 0.05) is 10.7 Å². The van der Waals surface area contributed by atoms with Crippen molar-refractivity contribution in [1.29, 1.82) is 0 Å². The fraction of sp³-hybridized carbons (Fsp3) is 0.154. The molecule has 5 nitrogen and oxygen atoms in total. The summed E-state index contributed by atoms with van der Waals surface area (Å²) in [5.41, 5.74) is 7.92. The number of aryl methyl sites for hydroxylation is 1. The van der Waals surface area contributed by atoms with Gasteiger partial charge in [-0.1, -0.05) is 11.6 Å². The predicted octanol–water partition coefficient (Wildman–Crippen LogP) is 3.50. The third-order valence-electron chi connectivity index (χ3n) is 2.93. The second-order valence-corrected chi connectivity index (χ2v) is 7.40. The molecule has 21 heavy (non-hydrogen) atoms. The molecule has 2 aromatic rings. The van der Waals surface area contributed by atoms with E-state index in [0.717, 1.165) is 5.56 Å². The lowest BCUT2D eigenvalue weighted by Gasteiger charge is -2.11. The molecule has 1 aromatic carbocycles. The number of hydrogen-bond donors (Lipinski definition) is 2. The number of anilines is 2. The second-order valence-electron chi connectivity index (χ2n) is 4.56. The van der Waals surface area contributed by atoms with Crippen LogP contribution in [0.25, 0.3) is 0 Å². The number of aromatic nitrogens is 1. The largest absolute Gasteiger partial charge is 0.398 e. The molecule has 0 aliphatic heterocycles. The number of halogens is 2. The fourth-order valence-electron chi connectivity index (χ4n) is 1.66. The van der Waals surface area contributed by atoms with Gasteiger partial charge in [-0.2, -0.15) is 0 Å². The van der Waals surface area contributed by atoms with Crippen LogP contribution >= 0.6 is 27.5 Å². The predicted molar refractivity (Wildman–Crippen MR) is 88.1 cm³/mol. The van der Waals surface area contributed by atoms with Crippen molar-refractivity contribution in [3.8, 4) is 0 Å². The lowest BCUT2D eigenvalue weighted by molar-refractivity contribution is 0.601. The van der Waals surface area contributed by atoms with Crippen LogP contribution in [-0.2, 0) is 10.0 Å². The fourth-order valence-corrected chi connectivity index (χ4v) is 3.26. The van der Waals surface area contributed by atoms with E-state index in [0.29, 0.717) is 26.6 Å². The highest BCUT2D eigenvalue weighted by molar-refractivity contribution is 9.10. The Labute approximate surface area is 136 Å². The SMILES string of the molecule is Cc1cc(NS(=O)(=O)c2cc(N)c(C)c(Cl)c2)cnc1Br. The van der Waals surface area contributed by atoms with Crippen molar-refractivity contribution >= 4 is 48.9 Å². The number of sulfonamides is 1. The Bertz CT molecular complexity index is 786. The quantitative estimate of drug-likeness (QED) is 0.620. The molecule has 0 saturated heterocycles. The minimum absolute atomic E-state index is 0.0103. The molecule has 1 heterocycles. The van der Waals surface area contributed by atoms with E-state index in [1.807, 2.05) is 6.92 Å². The Kier molecular flexibility index (Phi) is 4.46. The first-order chi connectivity index (χ1) is 9.70. The standard InChI is InChI=1S/C13H13BrClN3O2S/c1-7-3-9(6-17-13(7)14)18-21(19,20)10-4-11(15)8(2)12(16)5-10/h3-6,18H,16H2,1-2H3. The van der Waals surface area contributed by atoms with Crippen LogP contribution in [0.1, 0.15) is 11.1 Å². The summed E-state index contributed by atoms with van der Waals surface area (Å²) >= 11 is 9.24. The zero-order valence-corrected chi connectivity index (χ0v) is 14.5. The molecule has 0 fully saturated rings. The Balaban J connectivity index is 2.40. The second kappa shape index (κ2) is 5.82. The number of hydrogen-bond acceptors (Lipinski definition) is 4. The first-order valence-corrected chi connectivity index (χ1v) is 8.56. The number of pyridine rings is 1. The topological polar surface area (TPSA) is 85.1 Å². The molecular formula is C13H13BrClN3O2S. The number of rotatable bonds is 3. The Morgan fingerprint density at radius 2 is 1.95 bits per heavy atom. The zero-order valence-electron chi connectivity index (χ0n) is 11.3. The Hall–Kier alpha value is -1.31. The summed E-state index contributed by atoms with van der Waals surface area (Å²) in [5, 5.41) is 0.306. The smallest absolute Gasteiger partial charge is 0.262 e. The van der Waals surface area contributed by atoms with E-state index in [2.05, 4.69) is 25.6 Å². The number of nitrogens with zero attached hydrogens (tertiary/aromatic N) is 1. The van der Waals surface area contributed by atoms with Crippen LogP contribution in [0.4, 0.5) is 11.4 Å². The maximum Gasteiger partial charge on any atom is 0.262 e. The third kappa shape index (κ3) is 3.48. The molecule has 0 aliphatic rings. The summed E-state index contributed by atoms with van der Waals surface area (Å²) < 4.78 is 27.8. The van der Waals surface area contributed by atoms with Gasteiger partial charge in [0.15, 0.2) is 0 Å². The van der Waals surface area contributed by atoms with Crippen LogP contribution in [0.15, 0.2) is 33.9 Å². The summed E-state index contributed by atoms with van der Waals surface area (Å²) in [6.45, 7) is 3.54. The molecule has 0 spiro atoms. The van der Waals surface area contributed by atoms with Gasteiger partial charge in [0.05, 0.1) is 16.8 Å². The highest BCUT2D eigenvalue weighted by Gasteiger charge is 2.17. The Morgan fingerprint density at radius 3 is 2.52 bits per heavy atom. The zero-order chi connectivity index (χ0) is 15.8. The summed E-state index contributed by atoms with van der Waals surface area (Å²) in [4.78, 5) is 4.06. The lowest BCUT2D eigenvalue weighted by Crippen LogP contribution is -2.14. The van der Waals surface area contributed by atoms with Crippen molar-refractivity contribution in [2.45, 2.75) is 18.7 Å². The highest BCUT2D eigenvalue weighted by atomic mass is 79.9. The number of nitrogens with two attached hydrogens (primary N) is 1. The van der Waals surface area contributed by atoms with Gasteiger partial charge in [-0.3, -0.25) is 4.72 Å². The van der Waals surface area contributed by atoms with Crippen LogP contribution in [0.3, 0.4) is 0 Å².